The Labute approximate surface area is 183 Å². The summed E-state index contributed by atoms with van der Waals surface area (Å²) in [5, 5.41) is 17.3. The Hall–Kier alpha value is -2.12. The van der Waals surface area contributed by atoms with Gasteiger partial charge in [0.15, 0.2) is 0 Å². The van der Waals surface area contributed by atoms with E-state index in [0.29, 0.717) is 24.5 Å². The topological polar surface area (TPSA) is 98.7 Å². The van der Waals surface area contributed by atoms with Gasteiger partial charge in [-0.05, 0) is 30.0 Å². The van der Waals surface area contributed by atoms with E-state index >= 15 is 0 Å². The molecule has 1 aromatic carbocycles. The SMILES string of the molecule is CC(=O)NCC(=O)N[C@@H](C(=O)N1CC[C@](O)(c2ccc(Cl)cc2)C(C)(C)C1)C(C)C. The summed E-state index contributed by atoms with van der Waals surface area (Å²) in [5.41, 5.74) is -0.944. The van der Waals surface area contributed by atoms with Gasteiger partial charge >= 0.3 is 0 Å². The van der Waals surface area contributed by atoms with Crippen LogP contribution in [-0.4, -0.2) is 53.4 Å². The maximum atomic E-state index is 13.2. The number of hydrogen-bond acceptors (Lipinski definition) is 4. The van der Waals surface area contributed by atoms with E-state index < -0.39 is 23.0 Å². The Morgan fingerprint density at radius 3 is 2.30 bits per heavy atom. The summed E-state index contributed by atoms with van der Waals surface area (Å²) >= 11 is 5.99. The van der Waals surface area contributed by atoms with Crippen LogP contribution in [0.5, 0.6) is 0 Å². The lowest BCUT2D eigenvalue weighted by molar-refractivity contribution is -0.156. The van der Waals surface area contributed by atoms with Gasteiger partial charge in [-0.15, -0.1) is 0 Å². The number of benzene rings is 1. The van der Waals surface area contributed by atoms with E-state index in [1.54, 1.807) is 17.0 Å². The maximum Gasteiger partial charge on any atom is 0.245 e. The number of rotatable bonds is 6. The first-order chi connectivity index (χ1) is 13.9. The van der Waals surface area contributed by atoms with Crippen molar-refractivity contribution in [1.29, 1.82) is 0 Å². The van der Waals surface area contributed by atoms with Crippen LogP contribution in [-0.2, 0) is 20.0 Å². The predicted octanol–water partition coefficient (Wildman–Crippen LogP) is 2.06. The minimum Gasteiger partial charge on any atom is -0.384 e. The Morgan fingerprint density at radius 2 is 1.80 bits per heavy atom. The van der Waals surface area contributed by atoms with Crippen molar-refractivity contribution >= 4 is 29.3 Å². The fourth-order valence-corrected chi connectivity index (χ4v) is 4.04. The Bertz CT molecular complexity index is 794. The zero-order valence-corrected chi connectivity index (χ0v) is 19.0. The average Bonchev–Trinajstić information content (AvgIpc) is 2.66. The normalized spacial score (nSPS) is 21.8. The van der Waals surface area contributed by atoms with Crippen LogP contribution in [0.1, 0.15) is 46.6 Å². The van der Waals surface area contributed by atoms with Crippen LogP contribution in [0.25, 0.3) is 0 Å². The van der Waals surface area contributed by atoms with E-state index in [1.807, 2.05) is 39.8 Å². The molecule has 166 valence electrons. The van der Waals surface area contributed by atoms with Crippen molar-refractivity contribution in [1.82, 2.24) is 15.5 Å². The number of hydrogen-bond donors (Lipinski definition) is 3. The molecule has 0 radical (unpaired) electrons. The molecule has 1 saturated heterocycles. The van der Waals surface area contributed by atoms with Crippen molar-refractivity contribution in [3.05, 3.63) is 34.9 Å². The summed E-state index contributed by atoms with van der Waals surface area (Å²) in [6.45, 7) is 9.45. The summed E-state index contributed by atoms with van der Waals surface area (Å²) < 4.78 is 0. The minimum atomic E-state index is -1.10. The van der Waals surface area contributed by atoms with E-state index in [4.69, 9.17) is 11.6 Å². The van der Waals surface area contributed by atoms with Crippen LogP contribution in [0, 0.1) is 11.3 Å². The molecule has 3 N–H and O–H groups in total. The molecule has 0 aliphatic carbocycles. The van der Waals surface area contributed by atoms with Gasteiger partial charge in [-0.3, -0.25) is 14.4 Å². The summed E-state index contributed by atoms with van der Waals surface area (Å²) in [5.74, 6) is -1.03. The number of piperidine rings is 1. The molecule has 1 aromatic rings. The van der Waals surface area contributed by atoms with E-state index in [9.17, 15) is 19.5 Å². The van der Waals surface area contributed by atoms with E-state index in [2.05, 4.69) is 10.6 Å². The largest absolute Gasteiger partial charge is 0.384 e. The Morgan fingerprint density at radius 1 is 1.20 bits per heavy atom. The van der Waals surface area contributed by atoms with Crippen molar-refractivity contribution in [3.8, 4) is 0 Å². The van der Waals surface area contributed by atoms with E-state index in [1.165, 1.54) is 6.92 Å². The summed E-state index contributed by atoms with van der Waals surface area (Å²) in [6.07, 6.45) is 0.373. The quantitative estimate of drug-likeness (QED) is 0.634. The molecule has 2 atom stereocenters. The molecule has 3 amide bonds. The van der Waals surface area contributed by atoms with Crippen molar-refractivity contribution in [2.45, 2.75) is 52.7 Å². The zero-order valence-electron chi connectivity index (χ0n) is 18.3. The number of aliphatic hydroxyl groups is 1. The standard InChI is InChI=1S/C22H32ClN3O4/c1-14(2)19(25-18(28)12-24-15(3)27)20(29)26-11-10-22(30,21(4,5)13-26)16-6-8-17(23)9-7-16/h6-9,14,19,30H,10-13H2,1-5H3,(H,24,27)(H,25,28)/t19-,22+/m1/s1. The molecule has 1 heterocycles. The van der Waals surface area contributed by atoms with Gasteiger partial charge in [-0.25, -0.2) is 0 Å². The summed E-state index contributed by atoms with van der Waals surface area (Å²) in [6, 6.07) is 6.44. The highest BCUT2D eigenvalue weighted by atomic mass is 35.5. The van der Waals surface area contributed by atoms with Crippen LogP contribution in [0.15, 0.2) is 24.3 Å². The third-order valence-electron chi connectivity index (χ3n) is 5.83. The minimum absolute atomic E-state index is 0.126. The van der Waals surface area contributed by atoms with Crippen LogP contribution in [0.2, 0.25) is 5.02 Å². The van der Waals surface area contributed by atoms with Gasteiger partial charge in [0, 0.05) is 30.5 Å². The summed E-state index contributed by atoms with van der Waals surface area (Å²) in [7, 11) is 0. The Kier molecular flexibility index (Phi) is 7.53. The number of carbonyl (C=O) groups is 3. The van der Waals surface area contributed by atoms with Gasteiger partial charge in [-0.1, -0.05) is 51.4 Å². The van der Waals surface area contributed by atoms with Crippen LogP contribution in [0.3, 0.4) is 0 Å². The van der Waals surface area contributed by atoms with Crippen LogP contribution >= 0.6 is 11.6 Å². The third kappa shape index (κ3) is 5.32. The first-order valence-corrected chi connectivity index (χ1v) is 10.6. The molecule has 1 fully saturated rings. The Balaban J connectivity index is 2.14. The number of nitrogens with one attached hydrogen (secondary N) is 2. The fourth-order valence-electron chi connectivity index (χ4n) is 3.91. The molecule has 0 saturated carbocycles. The highest BCUT2D eigenvalue weighted by Crippen LogP contribution is 2.46. The van der Waals surface area contributed by atoms with E-state index in [0.717, 1.165) is 5.56 Å². The molecule has 1 aliphatic rings. The molecule has 0 unspecified atom stereocenters. The van der Waals surface area contributed by atoms with Crippen molar-refractivity contribution in [3.63, 3.8) is 0 Å². The van der Waals surface area contributed by atoms with Crippen molar-refractivity contribution < 1.29 is 19.5 Å². The predicted molar refractivity (Wildman–Crippen MR) is 116 cm³/mol. The third-order valence-corrected chi connectivity index (χ3v) is 6.08. The zero-order chi connectivity index (χ0) is 22.7. The molecule has 8 heteroatoms. The maximum absolute atomic E-state index is 13.2. The molecular weight excluding hydrogens is 406 g/mol. The molecule has 1 aliphatic heterocycles. The second-order valence-corrected chi connectivity index (χ2v) is 9.40. The van der Waals surface area contributed by atoms with Crippen LogP contribution < -0.4 is 10.6 Å². The highest BCUT2D eigenvalue weighted by Gasteiger charge is 2.50. The molecule has 2 rings (SSSR count). The highest BCUT2D eigenvalue weighted by molar-refractivity contribution is 6.30. The molecule has 0 bridgehead atoms. The monoisotopic (exact) mass is 437 g/mol. The first-order valence-electron chi connectivity index (χ1n) is 10.2. The summed E-state index contributed by atoms with van der Waals surface area (Å²) in [4.78, 5) is 38.1. The molecule has 30 heavy (non-hydrogen) atoms. The van der Waals surface area contributed by atoms with Gasteiger partial charge in [0.1, 0.15) is 6.04 Å². The van der Waals surface area contributed by atoms with Gasteiger partial charge in [-0.2, -0.15) is 0 Å². The molecular formula is C22H32ClN3O4. The van der Waals surface area contributed by atoms with Crippen molar-refractivity contribution in [2.24, 2.45) is 11.3 Å². The first kappa shape index (κ1) is 24.2. The van der Waals surface area contributed by atoms with E-state index in [-0.39, 0.29) is 24.3 Å². The number of amides is 3. The van der Waals surface area contributed by atoms with Gasteiger partial charge < -0.3 is 20.6 Å². The number of likely N-dealkylation sites (tertiary alicyclic amines) is 1. The second-order valence-electron chi connectivity index (χ2n) is 8.96. The number of carbonyl (C=O) groups excluding carboxylic acids is 3. The van der Waals surface area contributed by atoms with Gasteiger partial charge in [0.25, 0.3) is 0 Å². The molecule has 0 aromatic heterocycles. The number of nitrogens with zero attached hydrogens (tertiary/aromatic N) is 1. The van der Waals surface area contributed by atoms with Gasteiger partial charge in [0.2, 0.25) is 17.7 Å². The lowest BCUT2D eigenvalue weighted by Gasteiger charge is -2.51. The second kappa shape index (κ2) is 9.35. The smallest absolute Gasteiger partial charge is 0.245 e. The lowest BCUT2D eigenvalue weighted by atomic mass is 9.66. The molecule has 7 nitrogen and oxygen atoms in total. The molecule has 0 spiro atoms. The van der Waals surface area contributed by atoms with Crippen LogP contribution in [0.4, 0.5) is 0 Å². The average molecular weight is 438 g/mol. The fraction of sp³-hybridized carbons (Fsp3) is 0.591. The number of halogens is 1. The van der Waals surface area contributed by atoms with Gasteiger partial charge in [0.05, 0.1) is 12.1 Å². The lowest BCUT2D eigenvalue weighted by Crippen LogP contribution is -2.61. The van der Waals surface area contributed by atoms with Crippen molar-refractivity contribution in [2.75, 3.05) is 19.6 Å².